The molecule has 0 aliphatic heterocycles. The lowest BCUT2D eigenvalue weighted by atomic mass is 10.1. The smallest absolute Gasteiger partial charge is 0.313 e. The topological polar surface area (TPSA) is 51.8 Å². The first-order valence-electron chi connectivity index (χ1n) is 9.96. The van der Waals surface area contributed by atoms with Gasteiger partial charge in [0.1, 0.15) is 17.1 Å². The largest absolute Gasteiger partial charge is 0.456 e. The van der Waals surface area contributed by atoms with Gasteiger partial charge in [0.15, 0.2) is 0 Å². The third kappa shape index (κ3) is 4.33. The van der Waals surface area contributed by atoms with E-state index in [1.807, 2.05) is 81.4 Å². The number of ether oxygens (including phenoxy) is 1. The molecule has 0 aliphatic carbocycles. The molecule has 0 spiro atoms. The maximum Gasteiger partial charge on any atom is 0.313 e. The summed E-state index contributed by atoms with van der Waals surface area (Å²) in [5, 5.41) is 1.77. The summed E-state index contributed by atoms with van der Waals surface area (Å²) in [4.78, 5) is 16.6. The van der Waals surface area contributed by atoms with Gasteiger partial charge < -0.3 is 9.15 Å². The van der Waals surface area contributed by atoms with Gasteiger partial charge in [-0.15, -0.1) is 0 Å². The lowest BCUT2D eigenvalue weighted by molar-refractivity contribution is -0.137. The Hall–Kier alpha value is -3.66. The summed E-state index contributed by atoms with van der Waals surface area (Å²) in [6, 6.07) is 25.2. The molecule has 0 saturated heterocycles. The van der Waals surface area contributed by atoms with Crippen LogP contribution in [-0.4, -0.2) is 5.97 Å². The zero-order chi connectivity index (χ0) is 21.1. The van der Waals surface area contributed by atoms with Gasteiger partial charge in [-0.1, -0.05) is 55.8 Å². The van der Waals surface area contributed by atoms with Crippen molar-refractivity contribution in [3.63, 3.8) is 0 Å². The number of carbonyl (C=O) groups excluding carboxylic acids is 1. The number of rotatable bonds is 4. The third-order valence-corrected chi connectivity index (χ3v) is 4.73. The van der Waals surface area contributed by atoms with Crippen molar-refractivity contribution in [3.05, 3.63) is 89.8 Å². The van der Waals surface area contributed by atoms with Crippen molar-refractivity contribution in [1.29, 1.82) is 0 Å². The molecule has 0 bridgehead atoms. The van der Waals surface area contributed by atoms with E-state index in [1.165, 1.54) is 0 Å². The van der Waals surface area contributed by atoms with E-state index in [1.54, 1.807) is 12.1 Å². The number of esters is 1. The Labute approximate surface area is 175 Å². The average molecular weight is 397 g/mol. The summed E-state index contributed by atoms with van der Waals surface area (Å²) in [7, 11) is 0. The second-order valence-electron chi connectivity index (χ2n) is 7.54. The summed E-state index contributed by atoms with van der Waals surface area (Å²) in [5.41, 5.74) is 3.68. The SMILES string of the molecule is Cc1ccc2oc(-c3ccccc3)cc(=Nc3ccc(OC(=O)C(C)C)cc3)c2c1. The molecular weight excluding hydrogens is 374 g/mol. The number of aryl methyl sites for hydroxylation is 1. The fourth-order valence-corrected chi connectivity index (χ4v) is 3.08. The Kier molecular flexibility index (Phi) is 5.48. The molecule has 0 atom stereocenters. The van der Waals surface area contributed by atoms with E-state index < -0.39 is 0 Å². The average Bonchev–Trinajstić information content (AvgIpc) is 2.75. The molecule has 0 radical (unpaired) electrons. The maximum absolute atomic E-state index is 11.8. The highest BCUT2D eigenvalue weighted by molar-refractivity contribution is 5.79. The second-order valence-corrected chi connectivity index (χ2v) is 7.54. The lowest BCUT2D eigenvalue weighted by Gasteiger charge is -2.07. The molecule has 0 N–H and O–H groups in total. The van der Waals surface area contributed by atoms with Crippen LogP contribution in [0.5, 0.6) is 5.75 Å². The maximum atomic E-state index is 11.8. The van der Waals surface area contributed by atoms with E-state index in [0.717, 1.165) is 38.9 Å². The van der Waals surface area contributed by atoms with Gasteiger partial charge in [-0.05, 0) is 43.3 Å². The highest BCUT2D eigenvalue weighted by Crippen LogP contribution is 2.24. The van der Waals surface area contributed by atoms with Gasteiger partial charge in [0, 0.05) is 17.0 Å². The van der Waals surface area contributed by atoms with E-state index in [4.69, 9.17) is 14.1 Å². The molecule has 0 unspecified atom stereocenters. The molecule has 4 nitrogen and oxygen atoms in total. The van der Waals surface area contributed by atoms with Gasteiger partial charge in [-0.2, -0.15) is 0 Å². The van der Waals surface area contributed by atoms with Crippen LogP contribution in [0.15, 0.2) is 88.3 Å². The first kappa shape index (κ1) is 19.6. The highest BCUT2D eigenvalue weighted by atomic mass is 16.5. The first-order valence-corrected chi connectivity index (χ1v) is 9.96. The van der Waals surface area contributed by atoms with Crippen LogP contribution in [-0.2, 0) is 4.79 Å². The third-order valence-electron chi connectivity index (χ3n) is 4.73. The summed E-state index contributed by atoms with van der Waals surface area (Å²) in [5.74, 6) is 0.848. The van der Waals surface area contributed by atoms with Gasteiger partial charge in [-0.3, -0.25) is 4.79 Å². The lowest BCUT2D eigenvalue weighted by Crippen LogP contribution is -2.14. The van der Waals surface area contributed by atoms with Gasteiger partial charge in [0.05, 0.1) is 17.0 Å². The molecule has 1 heterocycles. The van der Waals surface area contributed by atoms with E-state index in [9.17, 15) is 4.79 Å². The molecule has 0 amide bonds. The Morgan fingerprint density at radius 3 is 2.37 bits per heavy atom. The van der Waals surface area contributed by atoms with E-state index in [0.29, 0.717) is 5.75 Å². The summed E-state index contributed by atoms with van der Waals surface area (Å²) in [6.07, 6.45) is 0. The van der Waals surface area contributed by atoms with Crippen LogP contribution in [0.1, 0.15) is 19.4 Å². The van der Waals surface area contributed by atoms with Crippen molar-refractivity contribution in [2.75, 3.05) is 0 Å². The Balaban J connectivity index is 1.79. The zero-order valence-corrected chi connectivity index (χ0v) is 17.3. The van der Waals surface area contributed by atoms with Crippen molar-refractivity contribution in [2.45, 2.75) is 20.8 Å². The van der Waals surface area contributed by atoms with E-state index in [2.05, 4.69) is 6.07 Å². The van der Waals surface area contributed by atoms with Crippen LogP contribution < -0.4 is 10.1 Å². The number of carbonyl (C=O) groups is 1. The standard InChI is InChI=1S/C26H23NO3/c1-17(2)26(28)29-21-12-10-20(11-13-21)27-23-16-25(19-7-5-4-6-8-19)30-24-14-9-18(3)15-22(23)24/h4-17H,1-3H3. The number of hydrogen-bond donors (Lipinski definition) is 0. The van der Waals surface area contributed by atoms with Crippen molar-refractivity contribution in [1.82, 2.24) is 0 Å². The summed E-state index contributed by atoms with van der Waals surface area (Å²) >= 11 is 0. The van der Waals surface area contributed by atoms with Crippen LogP contribution >= 0.6 is 0 Å². The van der Waals surface area contributed by atoms with Crippen LogP contribution in [0.25, 0.3) is 22.3 Å². The van der Waals surface area contributed by atoms with E-state index in [-0.39, 0.29) is 11.9 Å². The van der Waals surface area contributed by atoms with Crippen molar-refractivity contribution >= 4 is 22.6 Å². The highest BCUT2D eigenvalue weighted by Gasteiger charge is 2.10. The Bertz CT molecular complexity index is 1250. The second kappa shape index (κ2) is 8.37. The number of hydrogen-bond acceptors (Lipinski definition) is 4. The molecule has 1 aromatic heterocycles. The van der Waals surface area contributed by atoms with E-state index >= 15 is 0 Å². The quantitative estimate of drug-likeness (QED) is 0.304. The minimum atomic E-state index is -0.252. The van der Waals surface area contributed by atoms with Crippen LogP contribution in [0.4, 0.5) is 5.69 Å². The van der Waals surface area contributed by atoms with Crippen molar-refractivity contribution < 1.29 is 13.9 Å². The molecule has 0 fully saturated rings. The van der Waals surface area contributed by atoms with Crippen molar-refractivity contribution in [2.24, 2.45) is 10.9 Å². The summed E-state index contributed by atoms with van der Waals surface area (Å²) in [6.45, 7) is 5.67. The Morgan fingerprint density at radius 2 is 1.67 bits per heavy atom. The predicted octanol–water partition coefficient (Wildman–Crippen LogP) is 6.20. The van der Waals surface area contributed by atoms with Gasteiger partial charge in [0.2, 0.25) is 0 Å². The fraction of sp³-hybridized carbons (Fsp3) is 0.154. The van der Waals surface area contributed by atoms with Crippen LogP contribution in [0.2, 0.25) is 0 Å². The van der Waals surface area contributed by atoms with Crippen LogP contribution in [0, 0.1) is 12.8 Å². The van der Waals surface area contributed by atoms with Gasteiger partial charge >= 0.3 is 5.97 Å². The normalized spacial score (nSPS) is 11.8. The van der Waals surface area contributed by atoms with Gasteiger partial charge in [-0.25, -0.2) is 4.99 Å². The molecule has 4 heteroatoms. The molecule has 0 aliphatic rings. The Morgan fingerprint density at radius 1 is 0.933 bits per heavy atom. The minimum absolute atomic E-state index is 0.173. The first-order chi connectivity index (χ1) is 14.5. The molecule has 4 aromatic rings. The number of fused-ring (bicyclic) bond motifs is 1. The molecule has 4 rings (SSSR count). The van der Waals surface area contributed by atoms with Crippen molar-refractivity contribution in [3.8, 4) is 17.1 Å². The number of benzene rings is 3. The molecule has 150 valence electrons. The molecule has 30 heavy (non-hydrogen) atoms. The molecule has 3 aromatic carbocycles. The van der Waals surface area contributed by atoms with Gasteiger partial charge in [0.25, 0.3) is 0 Å². The minimum Gasteiger partial charge on any atom is -0.456 e. The summed E-state index contributed by atoms with van der Waals surface area (Å²) < 4.78 is 11.5. The zero-order valence-electron chi connectivity index (χ0n) is 17.3. The predicted molar refractivity (Wildman–Crippen MR) is 119 cm³/mol. The monoisotopic (exact) mass is 397 g/mol. The molecular formula is C26H23NO3. The number of nitrogens with zero attached hydrogens (tertiary/aromatic N) is 1. The fourth-order valence-electron chi connectivity index (χ4n) is 3.08. The molecule has 0 saturated carbocycles. The van der Waals surface area contributed by atoms with Crippen LogP contribution in [0.3, 0.4) is 0 Å².